The van der Waals surface area contributed by atoms with Crippen LogP contribution >= 0.6 is 0 Å². The van der Waals surface area contributed by atoms with Gasteiger partial charge in [-0.1, -0.05) is 32.4 Å². The average molecular weight is 517 g/mol. The summed E-state index contributed by atoms with van der Waals surface area (Å²) in [6.45, 7) is 6.57. The molecule has 0 saturated heterocycles. The zero-order chi connectivity index (χ0) is 26.2. The number of hydrogen-bond donors (Lipinski definition) is 1. The number of nitrogens with one attached hydrogen (secondary N) is 1. The standard InChI is InChI=1S/C24H31F3N2O5S/c1-5-7-13-28-23(30)29(17(3)6-2)16-18-11-12-21(33-4)22(14-18)34-35(31,32)20-10-8-9-19(15-20)24(25,26)27/h8-12,14-15,17H,5-7,13,16H2,1-4H3,(H,28,30). The highest BCUT2D eigenvalue weighted by atomic mass is 32.2. The Bertz CT molecular complexity index is 1110. The topological polar surface area (TPSA) is 84.9 Å². The van der Waals surface area contributed by atoms with E-state index in [0.29, 0.717) is 24.6 Å². The maximum atomic E-state index is 13.0. The molecule has 1 N–H and O–H groups in total. The summed E-state index contributed by atoms with van der Waals surface area (Å²) in [5.41, 5.74) is -0.549. The molecule has 0 aliphatic heterocycles. The predicted molar refractivity (Wildman–Crippen MR) is 126 cm³/mol. The molecule has 194 valence electrons. The molecule has 2 aromatic carbocycles. The van der Waals surface area contributed by atoms with E-state index in [0.717, 1.165) is 31.0 Å². The van der Waals surface area contributed by atoms with Crippen LogP contribution in [0.2, 0.25) is 0 Å². The summed E-state index contributed by atoms with van der Waals surface area (Å²) in [5, 5.41) is 2.88. The molecule has 0 fully saturated rings. The lowest BCUT2D eigenvalue weighted by molar-refractivity contribution is -0.137. The van der Waals surface area contributed by atoms with Crippen molar-refractivity contribution in [2.24, 2.45) is 0 Å². The van der Waals surface area contributed by atoms with Gasteiger partial charge in [0.1, 0.15) is 4.90 Å². The van der Waals surface area contributed by atoms with Crippen LogP contribution in [0.4, 0.5) is 18.0 Å². The Kier molecular flexibility index (Phi) is 9.82. The van der Waals surface area contributed by atoms with Gasteiger partial charge in [0.25, 0.3) is 0 Å². The van der Waals surface area contributed by atoms with Crippen LogP contribution in [0.15, 0.2) is 47.4 Å². The molecule has 1 atom stereocenters. The summed E-state index contributed by atoms with van der Waals surface area (Å²) < 4.78 is 75.0. The molecule has 7 nitrogen and oxygen atoms in total. The second-order valence-electron chi connectivity index (χ2n) is 8.02. The number of alkyl halides is 3. The Morgan fingerprint density at radius 2 is 1.83 bits per heavy atom. The van der Waals surface area contributed by atoms with E-state index < -0.39 is 26.8 Å². The SMILES string of the molecule is CCCCNC(=O)N(Cc1ccc(OC)c(OS(=O)(=O)c2cccc(C(F)(F)F)c2)c1)C(C)CC. The minimum absolute atomic E-state index is 0.0757. The van der Waals surface area contributed by atoms with Crippen molar-refractivity contribution in [2.45, 2.75) is 63.7 Å². The van der Waals surface area contributed by atoms with Gasteiger partial charge in [0.2, 0.25) is 0 Å². The quantitative estimate of drug-likeness (QED) is 0.311. The molecule has 2 rings (SSSR count). The lowest BCUT2D eigenvalue weighted by Gasteiger charge is -2.29. The molecule has 0 saturated carbocycles. The Morgan fingerprint density at radius 3 is 2.43 bits per heavy atom. The van der Waals surface area contributed by atoms with Crippen molar-refractivity contribution in [3.63, 3.8) is 0 Å². The molecule has 0 aliphatic carbocycles. The zero-order valence-corrected chi connectivity index (χ0v) is 21.0. The van der Waals surface area contributed by atoms with E-state index >= 15 is 0 Å². The van der Waals surface area contributed by atoms with Crippen LogP contribution in [-0.2, 0) is 22.8 Å². The monoisotopic (exact) mass is 516 g/mol. The number of nitrogens with zero attached hydrogens (tertiary/aromatic N) is 1. The van der Waals surface area contributed by atoms with Crippen LogP contribution in [-0.4, -0.2) is 39.0 Å². The lowest BCUT2D eigenvalue weighted by Crippen LogP contribution is -2.44. The van der Waals surface area contributed by atoms with Crippen molar-refractivity contribution < 1.29 is 35.3 Å². The fourth-order valence-corrected chi connectivity index (χ4v) is 4.18. The molecule has 11 heteroatoms. The Balaban J connectivity index is 2.34. The first-order valence-corrected chi connectivity index (χ1v) is 12.7. The fourth-order valence-electron chi connectivity index (χ4n) is 3.20. The molecule has 0 spiro atoms. The van der Waals surface area contributed by atoms with Gasteiger partial charge in [0.05, 0.1) is 12.7 Å². The molecular formula is C24H31F3N2O5S. The third-order valence-corrected chi connectivity index (χ3v) is 6.65. The van der Waals surface area contributed by atoms with Gasteiger partial charge >= 0.3 is 22.3 Å². The summed E-state index contributed by atoms with van der Waals surface area (Å²) in [4.78, 5) is 13.7. The van der Waals surface area contributed by atoms with E-state index in [2.05, 4.69) is 5.32 Å². The first-order chi connectivity index (χ1) is 16.4. The van der Waals surface area contributed by atoms with Crippen molar-refractivity contribution in [1.82, 2.24) is 10.2 Å². The zero-order valence-electron chi connectivity index (χ0n) is 20.2. The average Bonchev–Trinajstić information content (AvgIpc) is 2.81. The molecule has 1 unspecified atom stereocenters. The highest BCUT2D eigenvalue weighted by Gasteiger charge is 2.32. The molecule has 0 radical (unpaired) electrons. The maximum Gasteiger partial charge on any atom is 0.416 e. The summed E-state index contributed by atoms with van der Waals surface area (Å²) in [6, 6.07) is 7.50. The lowest BCUT2D eigenvalue weighted by atomic mass is 10.1. The van der Waals surface area contributed by atoms with E-state index in [9.17, 15) is 26.4 Å². The van der Waals surface area contributed by atoms with Gasteiger partial charge in [-0.15, -0.1) is 0 Å². The number of methoxy groups -OCH3 is 1. The smallest absolute Gasteiger partial charge is 0.416 e. The van der Waals surface area contributed by atoms with Crippen molar-refractivity contribution >= 4 is 16.1 Å². The van der Waals surface area contributed by atoms with Gasteiger partial charge in [-0.25, -0.2) is 4.79 Å². The molecule has 0 aromatic heterocycles. The summed E-state index contributed by atoms with van der Waals surface area (Å²) >= 11 is 0. The van der Waals surface area contributed by atoms with Gasteiger partial charge in [0, 0.05) is 19.1 Å². The van der Waals surface area contributed by atoms with E-state index in [1.54, 1.807) is 11.0 Å². The first-order valence-electron chi connectivity index (χ1n) is 11.3. The molecule has 35 heavy (non-hydrogen) atoms. The highest BCUT2D eigenvalue weighted by Crippen LogP contribution is 2.34. The molecule has 0 bridgehead atoms. The number of ether oxygens (including phenoxy) is 1. The second kappa shape index (κ2) is 12.1. The first kappa shape index (κ1) is 28.3. The molecular weight excluding hydrogens is 485 g/mol. The molecule has 2 aromatic rings. The molecule has 2 amide bonds. The maximum absolute atomic E-state index is 13.0. The van der Waals surface area contributed by atoms with E-state index in [1.165, 1.54) is 19.2 Å². The Morgan fingerprint density at radius 1 is 1.11 bits per heavy atom. The minimum Gasteiger partial charge on any atom is -0.493 e. The van der Waals surface area contributed by atoms with Crippen LogP contribution in [0.5, 0.6) is 11.5 Å². The number of urea groups is 1. The van der Waals surface area contributed by atoms with Crippen LogP contribution in [0, 0.1) is 0 Å². The van der Waals surface area contributed by atoms with Crippen molar-refractivity contribution in [2.75, 3.05) is 13.7 Å². The van der Waals surface area contributed by atoms with Crippen LogP contribution in [0.1, 0.15) is 51.2 Å². The minimum atomic E-state index is -4.71. The Hall–Kier alpha value is -2.95. The third-order valence-electron chi connectivity index (χ3n) is 5.42. The fraction of sp³-hybridized carbons (Fsp3) is 0.458. The predicted octanol–water partition coefficient (Wildman–Crippen LogP) is 5.59. The van der Waals surface area contributed by atoms with Crippen molar-refractivity contribution in [3.8, 4) is 11.5 Å². The highest BCUT2D eigenvalue weighted by molar-refractivity contribution is 7.87. The summed E-state index contributed by atoms with van der Waals surface area (Å²) in [6.07, 6.45) is -2.23. The number of benzene rings is 2. The van der Waals surface area contributed by atoms with Crippen LogP contribution in [0.3, 0.4) is 0 Å². The number of carbonyl (C=O) groups excluding carboxylic acids is 1. The molecule has 0 heterocycles. The number of rotatable bonds is 11. The normalized spacial score (nSPS) is 12.7. The van der Waals surface area contributed by atoms with Gasteiger partial charge in [-0.2, -0.15) is 21.6 Å². The van der Waals surface area contributed by atoms with Gasteiger partial charge in [-0.05, 0) is 55.7 Å². The number of unbranched alkanes of at least 4 members (excludes halogenated alkanes) is 1. The summed E-state index contributed by atoms with van der Waals surface area (Å²) in [5.74, 6) is -0.121. The number of halogens is 3. The number of amides is 2. The van der Waals surface area contributed by atoms with Gasteiger partial charge < -0.3 is 19.1 Å². The van der Waals surface area contributed by atoms with E-state index in [-0.39, 0.29) is 30.1 Å². The van der Waals surface area contributed by atoms with Crippen LogP contribution < -0.4 is 14.2 Å². The largest absolute Gasteiger partial charge is 0.493 e. The van der Waals surface area contributed by atoms with Crippen molar-refractivity contribution in [3.05, 3.63) is 53.6 Å². The Labute approximate surface area is 204 Å². The number of hydrogen-bond acceptors (Lipinski definition) is 5. The summed E-state index contributed by atoms with van der Waals surface area (Å²) in [7, 11) is -3.29. The van der Waals surface area contributed by atoms with Crippen LogP contribution in [0.25, 0.3) is 0 Å². The molecule has 0 aliphatic rings. The van der Waals surface area contributed by atoms with E-state index in [1.807, 2.05) is 20.8 Å². The number of carbonyl (C=O) groups is 1. The third kappa shape index (κ3) is 7.78. The van der Waals surface area contributed by atoms with E-state index in [4.69, 9.17) is 8.92 Å². The second-order valence-corrected chi connectivity index (χ2v) is 9.57. The van der Waals surface area contributed by atoms with Crippen molar-refractivity contribution in [1.29, 1.82) is 0 Å². The van der Waals surface area contributed by atoms with Gasteiger partial charge in [-0.3, -0.25) is 0 Å². The van der Waals surface area contributed by atoms with Gasteiger partial charge in [0.15, 0.2) is 11.5 Å².